The van der Waals surface area contributed by atoms with Gasteiger partial charge in [-0.1, -0.05) is 401 Å². The molecule has 0 rings (SSSR count). The predicted molar refractivity (Wildman–Crippen MR) is 406 cm³/mol. The first kappa shape index (κ1) is 89.9. The van der Waals surface area contributed by atoms with E-state index in [0.717, 1.165) is 77.0 Å². The average molecular weight is 1310 g/mol. The molecule has 0 aromatic heterocycles. The lowest BCUT2D eigenvalue weighted by atomic mass is 10.0. The molecule has 0 saturated carbocycles. The summed E-state index contributed by atoms with van der Waals surface area (Å²) in [4.78, 5) is 23.5. The summed E-state index contributed by atoms with van der Waals surface area (Å²) in [7, 11) is 1.63. The topological polar surface area (TPSA) is 105 Å². The Bertz CT molecular complexity index is 1730. The van der Waals surface area contributed by atoms with Crippen LogP contribution in [-0.2, 0) is 18.4 Å². The Morgan fingerprint density at radius 3 is 0.957 bits per heavy atom. The van der Waals surface area contributed by atoms with Crippen LogP contribution in [0.15, 0.2) is 72.9 Å². The highest BCUT2D eigenvalue weighted by Gasteiger charge is 2.28. The van der Waals surface area contributed by atoms with Crippen molar-refractivity contribution < 1.29 is 32.9 Å². The Morgan fingerprint density at radius 2 is 0.652 bits per heavy atom. The quantitative estimate of drug-likeness (QED) is 0.0243. The molecule has 0 radical (unpaired) electrons. The van der Waals surface area contributed by atoms with Crippen molar-refractivity contribution in [2.45, 2.75) is 411 Å². The molecule has 0 aliphatic rings. The molecule has 540 valence electrons. The van der Waals surface area contributed by atoms with Crippen LogP contribution in [0.5, 0.6) is 0 Å². The van der Waals surface area contributed by atoms with Crippen LogP contribution in [0.2, 0.25) is 0 Å². The van der Waals surface area contributed by atoms with Crippen molar-refractivity contribution in [3.05, 3.63) is 72.9 Å². The summed E-state index contributed by atoms with van der Waals surface area (Å²) >= 11 is 0. The van der Waals surface area contributed by atoms with E-state index in [1.807, 2.05) is 21.1 Å². The number of nitrogens with one attached hydrogen (secondary N) is 1. The molecule has 3 N–H and O–H groups in total. The summed E-state index contributed by atoms with van der Waals surface area (Å²) < 4.78 is 24.0. The molecule has 0 aliphatic carbocycles. The maximum absolute atomic E-state index is 13.1. The predicted octanol–water partition coefficient (Wildman–Crippen LogP) is 26.5. The highest BCUT2D eigenvalue weighted by Crippen LogP contribution is 2.43. The van der Waals surface area contributed by atoms with Crippen LogP contribution in [0, 0.1) is 0 Å². The zero-order valence-electron chi connectivity index (χ0n) is 62.1. The number of hydrogen-bond donors (Lipinski definition) is 3. The Hall–Kier alpha value is -2.06. The molecule has 9 heteroatoms. The number of aliphatic hydroxyl groups is 1. The third-order valence-electron chi connectivity index (χ3n) is 18.5. The van der Waals surface area contributed by atoms with E-state index in [1.165, 1.54) is 295 Å². The van der Waals surface area contributed by atoms with Gasteiger partial charge in [0.15, 0.2) is 0 Å². The number of aliphatic hydroxyl groups excluding tert-OH is 1. The van der Waals surface area contributed by atoms with Gasteiger partial charge in [0, 0.05) is 6.42 Å². The van der Waals surface area contributed by atoms with E-state index in [-0.39, 0.29) is 19.1 Å². The second-order valence-corrected chi connectivity index (χ2v) is 30.2. The van der Waals surface area contributed by atoms with Gasteiger partial charge in [0.2, 0.25) is 5.91 Å². The molecule has 0 aromatic rings. The SMILES string of the molecule is CC/C=C\C/C=C\C/C=C\C/C=C\C/C=C\C/C=C\CCCCCCCCCCCCCCCCCCCCCCC(=O)NC(COP(=O)(O)OCC[N+](C)(C)C)C(O)CCCCCCCCCCCCCCCCCCCCCCCCCCCCCCCCC. The van der Waals surface area contributed by atoms with Crippen molar-refractivity contribution in [2.24, 2.45) is 0 Å². The fourth-order valence-corrected chi connectivity index (χ4v) is 13.0. The largest absolute Gasteiger partial charge is 0.472 e. The molecule has 0 aromatic carbocycles. The van der Waals surface area contributed by atoms with E-state index in [1.54, 1.807) is 0 Å². The summed E-state index contributed by atoms with van der Waals surface area (Å²) in [5.41, 5.74) is 0. The average Bonchev–Trinajstić information content (AvgIpc) is 2.63. The number of phosphoric ester groups is 1. The molecule has 8 nitrogen and oxygen atoms in total. The highest BCUT2D eigenvalue weighted by atomic mass is 31.2. The molecule has 0 spiro atoms. The zero-order valence-corrected chi connectivity index (χ0v) is 62.9. The first-order chi connectivity index (χ1) is 45.0. The van der Waals surface area contributed by atoms with Gasteiger partial charge in [-0.25, -0.2) is 4.57 Å². The summed E-state index contributed by atoms with van der Waals surface area (Å²) in [6.07, 6.45) is 103. The van der Waals surface area contributed by atoms with Crippen LogP contribution in [0.25, 0.3) is 0 Å². The van der Waals surface area contributed by atoms with Crippen LogP contribution in [0.3, 0.4) is 0 Å². The van der Waals surface area contributed by atoms with Gasteiger partial charge in [-0.05, 0) is 64.2 Å². The van der Waals surface area contributed by atoms with Gasteiger partial charge in [-0.2, -0.15) is 0 Å². The molecule has 0 fully saturated rings. The Balaban J connectivity index is 3.93. The second-order valence-electron chi connectivity index (χ2n) is 28.8. The van der Waals surface area contributed by atoms with Gasteiger partial charge < -0.3 is 19.8 Å². The van der Waals surface area contributed by atoms with Crippen molar-refractivity contribution in [2.75, 3.05) is 40.9 Å². The lowest BCUT2D eigenvalue weighted by Gasteiger charge is -2.26. The molecule has 92 heavy (non-hydrogen) atoms. The smallest absolute Gasteiger partial charge is 0.391 e. The maximum atomic E-state index is 13.1. The molecular weight excluding hydrogens is 1150 g/mol. The molecule has 3 atom stereocenters. The molecule has 1 amide bonds. The number of likely N-dealkylation sites (N-methyl/N-ethyl adjacent to an activating group) is 1. The third-order valence-corrected chi connectivity index (χ3v) is 19.5. The minimum absolute atomic E-state index is 0.0755. The lowest BCUT2D eigenvalue weighted by Crippen LogP contribution is -2.46. The minimum Gasteiger partial charge on any atom is -0.391 e. The molecular formula is C83H158N2O6P+. The van der Waals surface area contributed by atoms with Crippen LogP contribution >= 0.6 is 7.82 Å². The molecule has 0 heterocycles. The number of allylic oxidation sites excluding steroid dienone is 12. The standard InChI is InChI=1S/C83H157N2O6P/c1-6-8-10-12-14-16-18-20-22-24-26-28-30-32-34-36-38-39-40-41-42-43-44-45-47-49-51-53-55-57-59-61-63-65-67-69-71-73-75-77-83(87)84-81(80-91-92(88,89)90-79-78-85(3,4)5)82(86)76-74-72-70-68-66-64-62-60-58-56-54-52-50-48-46-37-35-33-31-29-27-25-23-21-19-17-15-13-11-9-7-2/h8,10,14,16,20,22,26,28,32,34,38-39,81-82,86H,6-7,9,11-13,15,17-19,21,23-25,27,29-31,33,35-37,40-80H2,1-5H3,(H-,84,87,88,89)/p+1/b10-8-,16-14-,22-20-,28-26-,34-32-,39-38-. The number of nitrogens with zero attached hydrogens (tertiary/aromatic N) is 1. The van der Waals surface area contributed by atoms with Gasteiger partial charge in [0.25, 0.3) is 0 Å². The molecule has 0 aliphatic heterocycles. The summed E-state index contributed by atoms with van der Waals surface area (Å²) in [5, 5.41) is 14.2. The number of rotatable bonds is 75. The van der Waals surface area contributed by atoms with Crippen LogP contribution < -0.4 is 5.32 Å². The van der Waals surface area contributed by atoms with Crippen LogP contribution in [0.1, 0.15) is 399 Å². The fraction of sp³-hybridized carbons (Fsp3) is 0.843. The first-order valence-corrected chi connectivity index (χ1v) is 41.8. The first-order valence-electron chi connectivity index (χ1n) is 40.3. The maximum Gasteiger partial charge on any atom is 0.472 e. The number of phosphoric acid groups is 1. The molecule has 0 saturated heterocycles. The Morgan fingerprint density at radius 1 is 0.380 bits per heavy atom. The highest BCUT2D eigenvalue weighted by molar-refractivity contribution is 7.47. The second kappa shape index (κ2) is 73.2. The van der Waals surface area contributed by atoms with Crippen LogP contribution in [-0.4, -0.2) is 73.4 Å². The van der Waals surface area contributed by atoms with E-state index < -0.39 is 20.0 Å². The van der Waals surface area contributed by atoms with Gasteiger partial charge in [0.1, 0.15) is 13.2 Å². The van der Waals surface area contributed by atoms with E-state index in [0.29, 0.717) is 23.9 Å². The van der Waals surface area contributed by atoms with E-state index in [2.05, 4.69) is 92.1 Å². The molecule has 3 unspecified atom stereocenters. The number of unbranched alkanes of at least 4 members (excludes halogenated alkanes) is 50. The Kier molecular flexibility index (Phi) is 71.6. The fourth-order valence-electron chi connectivity index (χ4n) is 12.3. The van der Waals surface area contributed by atoms with Crippen molar-refractivity contribution >= 4 is 13.7 Å². The van der Waals surface area contributed by atoms with Crippen molar-refractivity contribution in [1.82, 2.24) is 5.32 Å². The van der Waals surface area contributed by atoms with Crippen molar-refractivity contribution in [3.8, 4) is 0 Å². The van der Waals surface area contributed by atoms with Gasteiger partial charge in [-0.15, -0.1) is 0 Å². The monoisotopic (exact) mass is 1310 g/mol. The van der Waals surface area contributed by atoms with E-state index in [9.17, 15) is 19.4 Å². The van der Waals surface area contributed by atoms with Crippen molar-refractivity contribution in [1.29, 1.82) is 0 Å². The van der Waals surface area contributed by atoms with Gasteiger partial charge in [-0.3, -0.25) is 13.8 Å². The van der Waals surface area contributed by atoms with Crippen molar-refractivity contribution in [3.63, 3.8) is 0 Å². The number of quaternary nitrogens is 1. The minimum atomic E-state index is -4.34. The number of hydrogen-bond acceptors (Lipinski definition) is 5. The zero-order chi connectivity index (χ0) is 66.9. The number of carbonyl (C=O) groups excluding carboxylic acids is 1. The third kappa shape index (κ3) is 75.3. The van der Waals surface area contributed by atoms with Gasteiger partial charge in [0.05, 0.1) is 39.9 Å². The number of carbonyl (C=O) groups is 1. The van der Waals surface area contributed by atoms with Crippen LogP contribution in [0.4, 0.5) is 0 Å². The normalized spacial score (nSPS) is 13.9. The van der Waals surface area contributed by atoms with Gasteiger partial charge >= 0.3 is 7.82 Å². The van der Waals surface area contributed by atoms with E-state index in [4.69, 9.17) is 9.05 Å². The summed E-state index contributed by atoms with van der Waals surface area (Å²) in [5.74, 6) is -0.137. The number of amides is 1. The summed E-state index contributed by atoms with van der Waals surface area (Å²) in [6, 6.07) is -0.764. The lowest BCUT2D eigenvalue weighted by molar-refractivity contribution is -0.870. The Labute approximate surface area is 574 Å². The van der Waals surface area contributed by atoms with E-state index >= 15 is 0 Å². The molecule has 0 bridgehead atoms. The summed E-state index contributed by atoms with van der Waals surface area (Å²) in [6.45, 7) is 4.83.